The van der Waals surface area contributed by atoms with Crippen LogP contribution in [0.2, 0.25) is 0 Å². The number of sulfonamides is 1. The molecule has 0 aliphatic carbocycles. The first-order valence-corrected chi connectivity index (χ1v) is 8.69. The molecule has 6 heteroatoms. The van der Waals surface area contributed by atoms with E-state index in [1.807, 2.05) is 19.1 Å². The maximum absolute atomic E-state index is 12.8. The Kier molecular flexibility index (Phi) is 4.34. The minimum Gasteiger partial charge on any atom is -0.392 e. The van der Waals surface area contributed by atoms with Gasteiger partial charge in [-0.25, -0.2) is 8.42 Å². The second-order valence-electron chi connectivity index (χ2n) is 5.15. The second-order valence-corrected chi connectivity index (χ2v) is 7.66. The average Bonchev–Trinajstić information content (AvgIpc) is 2.37. The average molecular weight is 312 g/mol. The lowest BCUT2D eigenvalue weighted by molar-refractivity contribution is 0.579. The Morgan fingerprint density at radius 2 is 2.20 bits per heavy atom. The summed E-state index contributed by atoms with van der Waals surface area (Å²) in [6, 6.07) is 5.88. The molecular weight excluding hydrogens is 292 g/mol. The lowest BCUT2D eigenvalue weighted by Crippen LogP contribution is -2.46. The summed E-state index contributed by atoms with van der Waals surface area (Å²) in [4.78, 5) is 0.0479. The van der Waals surface area contributed by atoms with Crippen LogP contribution in [0.5, 0.6) is 0 Å². The minimum absolute atomic E-state index is 0.0479. The summed E-state index contributed by atoms with van der Waals surface area (Å²) in [6.45, 7) is 4.30. The van der Waals surface area contributed by atoms with E-state index in [1.54, 1.807) is 6.92 Å². The molecule has 0 fully saturated rings. The van der Waals surface area contributed by atoms with Crippen LogP contribution in [0.25, 0.3) is 0 Å². The first kappa shape index (κ1) is 15.3. The van der Waals surface area contributed by atoms with E-state index in [0.717, 1.165) is 29.7 Å². The summed E-state index contributed by atoms with van der Waals surface area (Å²) in [7, 11) is -3.53. The molecule has 4 nitrogen and oxygen atoms in total. The van der Waals surface area contributed by atoms with Gasteiger partial charge in [0.15, 0.2) is 0 Å². The number of hydrogen-bond acceptors (Lipinski definition) is 3. The number of nitrogens with zero attached hydrogens (tertiary/aromatic N) is 1. The molecule has 2 N–H and O–H groups in total. The summed E-state index contributed by atoms with van der Waals surface area (Å²) >= 11 is 4.92. The predicted molar refractivity (Wildman–Crippen MR) is 86.6 cm³/mol. The normalized spacial score (nSPS) is 16.6. The van der Waals surface area contributed by atoms with Crippen molar-refractivity contribution in [1.29, 1.82) is 0 Å². The molecule has 20 heavy (non-hydrogen) atoms. The highest BCUT2D eigenvalue weighted by atomic mass is 32.2. The van der Waals surface area contributed by atoms with E-state index in [9.17, 15) is 8.42 Å². The maximum atomic E-state index is 12.8. The molecule has 0 radical (unpaired) electrons. The van der Waals surface area contributed by atoms with Gasteiger partial charge in [-0.3, -0.25) is 4.31 Å². The van der Waals surface area contributed by atoms with Crippen LogP contribution in [0.15, 0.2) is 18.2 Å². The molecule has 1 aromatic rings. The summed E-state index contributed by atoms with van der Waals surface area (Å²) in [5.41, 5.74) is 8.61. The molecule has 1 aliphatic rings. The van der Waals surface area contributed by atoms with Crippen molar-refractivity contribution >= 4 is 32.9 Å². The molecule has 0 bridgehead atoms. The Morgan fingerprint density at radius 1 is 1.50 bits per heavy atom. The van der Waals surface area contributed by atoms with Gasteiger partial charge in [-0.15, -0.1) is 0 Å². The third-order valence-corrected chi connectivity index (χ3v) is 6.40. The molecule has 1 aromatic carbocycles. The van der Waals surface area contributed by atoms with Gasteiger partial charge in [-0.2, -0.15) is 0 Å². The van der Waals surface area contributed by atoms with Crippen molar-refractivity contribution < 1.29 is 8.42 Å². The molecule has 1 heterocycles. The zero-order valence-corrected chi connectivity index (χ0v) is 13.4. The van der Waals surface area contributed by atoms with E-state index >= 15 is 0 Å². The van der Waals surface area contributed by atoms with Crippen molar-refractivity contribution in [3.8, 4) is 0 Å². The fraction of sp³-hybridized carbons (Fsp3) is 0.500. The summed E-state index contributed by atoms with van der Waals surface area (Å²) in [5, 5.41) is -0.787. The Hall–Kier alpha value is -1.14. The SMILES string of the molecule is CCC(C(N)=S)S(=O)(=O)N1CCCc2cc(C)ccc21. The van der Waals surface area contributed by atoms with E-state index in [0.29, 0.717) is 13.0 Å². The number of nitrogens with two attached hydrogens (primary N) is 1. The standard InChI is InChI=1S/C14H20N2O2S2/c1-3-13(14(15)19)20(17,18)16-8-4-5-11-9-10(2)6-7-12(11)16/h6-7,9,13H,3-5,8H2,1-2H3,(H2,15,19). The van der Waals surface area contributed by atoms with Crippen LogP contribution >= 0.6 is 12.2 Å². The topological polar surface area (TPSA) is 63.4 Å². The first-order chi connectivity index (χ1) is 9.37. The fourth-order valence-electron chi connectivity index (χ4n) is 2.67. The molecular formula is C14H20N2O2S2. The minimum atomic E-state index is -3.53. The number of rotatable bonds is 4. The maximum Gasteiger partial charge on any atom is 0.244 e. The highest BCUT2D eigenvalue weighted by molar-refractivity contribution is 7.95. The molecule has 2 rings (SSSR count). The highest BCUT2D eigenvalue weighted by Crippen LogP contribution is 2.31. The van der Waals surface area contributed by atoms with Gasteiger partial charge in [0, 0.05) is 6.54 Å². The second kappa shape index (κ2) is 5.69. The first-order valence-electron chi connectivity index (χ1n) is 6.78. The number of fused-ring (bicyclic) bond motifs is 1. The number of benzene rings is 1. The quantitative estimate of drug-likeness (QED) is 0.865. The largest absolute Gasteiger partial charge is 0.392 e. The van der Waals surface area contributed by atoms with Crippen LogP contribution in [0.3, 0.4) is 0 Å². The molecule has 0 amide bonds. The third-order valence-electron chi connectivity index (χ3n) is 3.67. The van der Waals surface area contributed by atoms with Gasteiger partial charge in [0.05, 0.1) is 10.7 Å². The van der Waals surface area contributed by atoms with Gasteiger partial charge in [0.2, 0.25) is 10.0 Å². The summed E-state index contributed by atoms with van der Waals surface area (Å²) < 4.78 is 27.0. The van der Waals surface area contributed by atoms with Crippen LogP contribution in [-0.4, -0.2) is 25.2 Å². The lowest BCUT2D eigenvalue weighted by Gasteiger charge is -2.33. The van der Waals surface area contributed by atoms with E-state index in [4.69, 9.17) is 18.0 Å². The number of anilines is 1. The van der Waals surface area contributed by atoms with E-state index in [2.05, 4.69) is 6.07 Å². The van der Waals surface area contributed by atoms with Crippen molar-refractivity contribution in [2.24, 2.45) is 5.73 Å². The van der Waals surface area contributed by atoms with Gasteiger partial charge >= 0.3 is 0 Å². The smallest absolute Gasteiger partial charge is 0.244 e. The van der Waals surface area contributed by atoms with Crippen molar-refractivity contribution in [2.45, 2.75) is 38.4 Å². The Bertz CT molecular complexity index is 626. The number of hydrogen-bond donors (Lipinski definition) is 1. The summed E-state index contributed by atoms with van der Waals surface area (Å²) in [5.74, 6) is 0. The molecule has 1 aliphatic heterocycles. The predicted octanol–water partition coefficient (Wildman–Crippen LogP) is 2.14. The molecule has 110 valence electrons. The van der Waals surface area contributed by atoms with Gasteiger partial charge < -0.3 is 5.73 Å². The Balaban J connectivity index is 2.47. The van der Waals surface area contributed by atoms with Gasteiger partial charge in [-0.05, 0) is 37.8 Å². The highest BCUT2D eigenvalue weighted by Gasteiger charge is 2.35. The zero-order chi connectivity index (χ0) is 14.9. The zero-order valence-electron chi connectivity index (χ0n) is 11.8. The molecule has 1 unspecified atom stereocenters. The molecule has 0 spiro atoms. The van der Waals surface area contributed by atoms with Crippen LogP contribution in [0, 0.1) is 6.92 Å². The van der Waals surface area contributed by atoms with Crippen molar-refractivity contribution in [3.05, 3.63) is 29.3 Å². The van der Waals surface area contributed by atoms with Crippen LogP contribution in [0.4, 0.5) is 5.69 Å². The Labute approximate surface area is 126 Å². The van der Waals surface area contributed by atoms with Gasteiger partial charge in [0.1, 0.15) is 5.25 Å². The van der Waals surface area contributed by atoms with Crippen LogP contribution < -0.4 is 10.0 Å². The van der Waals surface area contributed by atoms with Crippen molar-refractivity contribution in [2.75, 3.05) is 10.8 Å². The van der Waals surface area contributed by atoms with Crippen molar-refractivity contribution in [1.82, 2.24) is 0 Å². The molecule has 0 saturated heterocycles. The molecule has 0 aromatic heterocycles. The van der Waals surface area contributed by atoms with E-state index in [1.165, 1.54) is 4.31 Å². The van der Waals surface area contributed by atoms with Crippen molar-refractivity contribution in [3.63, 3.8) is 0 Å². The third kappa shape index (κ3) is 2.67. The Morgan fingerprint density at radius 3 is 2.80 bits per heavy atom. The van der Waals surface area contributed by atoms with Crippen LogP contribution in [-0.2, 0) is 16.4 Å². The van der Waals surface area contributed by atoms with Gasteiger partial charge in [-0.1, -0.05) is 36.8 Å². The molecule has 0 saturated carbocycles. The number of aryl methyl sites for hydroxylation is 2. The monoisotopic (exact) mass is 312 g/mol. The summed E-state index contributed by atoms with van der Waals surface area (Å²) in [6.07, 6.45) is 2.13. The molecule has 1 atom stereocenters. The van der Waals surface area contributed by atoms with E-state index < -0.39 is 15.3 Å². The van der Waals surface area contributed by atoms with Crippen LogP contribution in [0.1, 0.15) is 30.9 Å². The number of thiocarbonyl (C=S) groups is 1. The van der Waals surface area contributed by atoms with E-state index in [-0.39, 0.29) is 4.99 Å². The lowest BCUT2D eigenvalue weighted by atomic mass is 10.0. The van der Waals surface area contributed by atoms with Gasteiger partial charge in [0.25, 0.3) is 0 Å². The fourth-order valence-corrected chi connectivity index (χ4v) is 5.06.